The molecule has 0 spiro atoms. The van der Waals surface area contributed by atoms with Gasteiger partial charge in [-0.2, -0.15) is 0 Å². The van der Waals surface area contributed by atoms with Crippen molar-refractivity contribution in [3.05, 3.63) is 88.0 Å². The Bertz CT molecular complexity index is 1110. The maximum Gasteiger partial charge on any atom is 0.275 e. The van der Waals surface area contributed by atoms with Crippen molar-refractivity contribution >= 4 is 10.9 Å². The first-order valence-corrected chi connectivity index (χ1v) is 7.96. The van der Waals surface area contributed by atoms with Crippen molar-refractivity contribution in [1.82, 2.24) is 14.3 Å². The smallest absolute Gasteiger partial charge is 0.275 e. The number of nitrogens with zero attached hydrogens (tertiary/aromatic N) is 3. The Kier molecular flexibility index (Phi) is 3.72. The van der Waals surface area contributed by atoms with Crippen molar-refractivity contribution in [2.24, 2.45) is 0 Å². The fraction of sp³-hybridized carbons (Fsp3) is 0.158. The fourth-order valence-electron chi connectivity index (χ4n) is 2.98. The SMILES string of the molecule is Cc1cc(Cn2ccc3ccn(Cc4ccccc4F)c3c2=O)no1. The van der Waals surface area contributed by atoms with Crippen molar-refractivity contribution in [3.8, 4) is 0 Å². The number of halogens is 1. The molecule has 6 heteroatoms. The van der Waals surface area contributed by atoms with Gasteiger partial charge in [-0.15, -0.1) is 0 Å². The van der Waals surface area contributed by atoms with Crippen LogP contribution in [0.2, 0.25) is 0 Å². The summed E-state index contributed by atoms with van der Waals surface area (Å²) in [5.41, 5.74) is 1.64. The van der Waals surface area contributed by atoms with Gasteiger partial charge in [0.25, 0.3) is 5.56 Å². The van der Waals surface area contributed by atoms with Crippen molar-refractivity contribution in [1.29, 1.82) is 0 Å². The van der Waals surface area contributed by atoms with E-state index in [0.717, 1.165) is 5.39 Å². The Balaban J connectivity index is 1.75. The number of benzene rings is 1. The van der Waals surface area contributed by atoms with Crippen LogP contribution in [0.1, 0.15) is 17.0 Å². The van der Waals surface area contributed by atoms with Gasteiger partial charge in [0.15, 0.2) is 0 Å². The molecule has 0 radical (unpaired) electrons. The molecular formula is C19H16FN3O2. The van der Waals surface area contributed by atoms with E-state index in [0.29, 0.717) is 35.6 Å². The first kappa shape index (κ1) is 15.4. The van der Waals surface area contributed by atoms with Crippen LogP contribution in [0.25, 0.3) is 10.9 Å². The van der Waals surface area contributed by atoms with E-state index in [9.17, 15) is 9.18 Å². The number of aryl methyl sites for hydroxylation is 1. The molecule has 3 heterocycles. The van der Waals surface area contributed by atoms with E-state index in [-0.39, 0.29) is 11.4 Å². The lowest BCUT2D eigenvalue weighted by atomic mass is 10.2. The highest BCUT2D eigenvalue weighted by atomic mass is 19.1. The normalized spacial score (nSPS) is 11.3. The number of pyridine rings is 1. The lowest BCUT2D eigenvalue weighted by Gasteiger charge is -2.08. The summed E-state index contributed by atoms with van der Waals surface area (Å²) in [6, 6.07) is 12.1. The molecule has 4 aromatic rings. The number of hydrogen-bond donors (Lipinski definition) is 0. The molecule has 25 heavy (non-hydrogen) atoms. The van der Waals surface area contributed by atoms with Crippen LogP contribution in [0.15, 0.2) is 64.2 Å². The molecule has 1 aromatic carbocycles. The van der Waals surface area contributed by atoms with Gasteiger partial charge in [0, 0.05) is 29.4 Å². The van der Waals surface area contributed by atoms with Crippen molar-refractivity contribution in [3.63, 3.8) is 0 Å². The Morgan fingerprint density at radius 1 is 1.08 bits per heavy atom. The van der Waals surface area contributed by atoms with Crippen molar-refractivity contribution < 1.29 is 8.91 Å². The predicted molar refractivity (Wildman–Crippen MR) is 92.0 cm³/mol. The second-order valence-corrected chi connectivity index (χ2v) is 6.02. The summed E-state index contributed by atoms with van der Waals surface area (Å²) < 4.78 is 22.3. The molecule has 126 valence electrons. The average molecular weight is 337 g/mol. The minimum atomic E-state index is -0.279. The van der Waals surface area contributed by atoms with Gasteiger partial charge in [0.05, 0.1) is 13.1 Å². The minimum Gasteiger partial charge on any atom is -0.361 e. The zero-order valence-corrected chi connectivity index (χ0v) is 13.6. The summed E-state index contributed by atoms with van der Waals surface area (Å²) in [7, 11) is 0. The third-order valence-electron chi connectivity index (χ3n) is 4.20. The molecule has 3 aromatic heterocycles. The molecule has 5 nitrogen and oxygen atoms in total. The lowest BCUT2D eigenvalue weighted by Crippen LogP contribution is -2.22. The van der Waals surface area contributed by atoms with E-state index in [1.54, 1.807) is 39.6 Å². The summed E-state index contributed by atoms with van der Waals surface area (Å²) >= 11 is 0. The molecule has 0 saturated carbocycles. The van der Waals surface area contributed by atoms with Gasteiger partial charge in [0.2, 0.25) is 0 Å². The van der Waals surface area contributed by atoms with Crippen LogP contribution in [0.3, 0.4) is 0 Å². The number of aromatic nitrogens is 3. The fourth-order valence-corrected chi connectivity index (χ4v) is 2.98. The quantitative estimate of drug-likeness (QED) is 0.574. The summed E-state index contributed by atoms with van der Waals surface area (Å²) in [5, 5.41) is 4.76. The molecule has 0 atom stereocenters. The summed E-state index contributed by atoms with van der Waals surface area (Å²) in [6.45, 7) is 2.44. The molecule has 0 unspecified atom stereocenters. The van der Waals surface area contributed by atoms with E-state index in [1.807, 2.05) is 25.3 Å². The van der Waals surface area contributed by atoms with Crippen LogP contribution in [0.5, 0.6) is 0 Å². The van der Waals surface area contributed by atoms with E-state index in [1.165, 1.54) is 6.07 Å². The molecule has 0 aliphatic carbocycles. The van der Waals surface area contributed by atoms with Gasteiger partial charge in [-0.25, -0.2) is 4.39 Å². The highest BCUT2D eigenvalue weighted by Crippen LogP contribution is 2.16. The predicted octanol–water partition coefficient (Wildman–Crippen LogP) is 3.34. The van der Waals surface area contributed by atoms with Gasteiger partial charge in [-0.3, -0.25) is 4.79 Å². The van der Waals surface area contributed by atoms with Gasteiger partial charge in [-0.1, -0.05) is 23.4 Å². The maximum atomic E-state index is 13.9. The second kappa shape index (κ2) is 6.05. The summed E-state index contributed by atoms with van der Waals surface area (Å²) in [6.07, 6.45) is 3.55. The van der Waals surface area contributed by atoms with Crippen LogP contribution in [0.4, 0.5) is 4.39 Å². The highest BCUT2D eigenvalue weighted by Gasteiger charge is 2.11. The molecule has 0 saturated heterocycles. The topological polar surface area (TPSA) is 53.0 Å². The molecule has 0 aliphatic rings. The molecule has 0 N–H and O–H groups in total. The van der Waals surface area contributed by atoms with Gasteiger partial charge >= 0.3 is 0 Å². The van der Waals surface area contributed by atoms with Crippen LogP contribution < -0.4 is 5.56 Å². The molecule has 0 fully saturated rings. The van der Waals surface area contributed by atoms with Crippen LogP contribution in [-0.2, 0) is 13.1 Å². The first-order chi connectivity index (χ1) is 12.1. The van der Waals surface area contributed by atoms with Crippen LogP contribution >= 0.6 is 0 Å². The zero-order chi connectivity index (χ0) is 17.4. The van der Waals surface area contributed by atoms with E-state index in [4.69, 9.17) is 4.52 Å². The first-order valence-electron chi connectivity index (χ1n) is 7.96. The molecular weight excluding hydrogens is 321 g/mol. The Morgan fingerprint density at radius 3 is 2.56 bits per heavy atom. The van der Waals surface area contributed by atoms with Gasteiger partial charge < -0.3 is 13.7 Å². The van der Waals surface area contributed by atoms with E-state index in [2.05, 4.69) is 5.16 Å². The molecule has 4 rings (SSSR count). The molecule has 0 aliphatic heterocycles. The monoisotopic (exact) mass is 337 g/mol. The Morgan fingerprint density at radius 2 is 1.84 bits per heavy atom. The largest absolute Gasteiger partial charge is 0.361 e. The second-order valence-electron chi connectivity index (χ2n) is 6.02. The highest BCUT2D eigenvalue weighted by molar-refractivity contribution is 5.79. The standard InChI is InChI=1S/C19H16FN3O2/c1-13-10-16(21-25-13)12-23-9-7-14-6-8-22(18(14)19(23)24)11-15-4-2-3-5-17(15)20/h2-10H,11-12H2,1H3. The number of fused-ring (bicyclic) bond motifs is 1. The molecule has 0 bridgehead atoms. The van der Waals surface area contributed by atoms with Crippen LogP contribution in [-0.4, -0.2) is 14.3 Å². The Labute approximate surface area is 142 Å². The third-order valence-corrected chi connectivity index (χ3v) is 4.20. The molecule has 0 amide bonds. The number of hydrogen-bond acceptors (Lipinski definition) is 3. The Hall–Kier alpha value is -3.15. The van der Waals surface area contributed by atoms with Crippen molar-refractivity contribution in [2.75, 3.05) is 0 Å². The number of rotatable bonds is 4. The third kappa shape index (κ3) is 2.87. The van der Waals surface area contributed by atoms with Crippen molar-refractivity contribution in [2.45, 2.75) is 20.0 Å². The lowest BCUT2D eigenvalue weighted by molar-refractivity contribution is 0.388. The average Bonchev–Trinajstić information content (AvgIpc) is 3.19. The zero-order valence-electron chi connectivity index (χ0n) is 13.6. The maximum absolute atomic E-state index is 13.9. The van der Waals surface area contributed by atoms with Crippen LogP contribution in [0, 0.1) is 12.7 Å². The van der Waals surface area contributed by atoms with Gasteiger partial charge in [0.1, 0.15) is 22.8 Å². The minimum absolute atomic E-state index is 0.139. The van der Waals surface area contributed by atoms with Gasteiger partial charge in [-0.05, 0) is 25.1 Å². The summed E-state index contributed by atoms with van der Waals surface area (Å²) in [5.74, 6) is 0.422. The van der Waals surface area contributed by atoms with E-state index >= 15 is 0 Å². The summed E-state index contributed by atoms with van der Waals surface area (Å²) in [4.78, 5) is 12.9. The van der Waals surface area contributed by atoms with E-state index < -0.39 is 0 Å².